The number of hydrogen-bond acceptors (Lipinski definition) is 4. The molecule has 0 unspecified atom stereocenters. The highest BCUT2D eigenvalue weighted by atomic mass is 16.3. The summed E-state index contributed by atoms with van der Waals surface area (Å²) in [6.07, 6.45) is 3.52. The van der Waals surface area contributed by atoms with Gasteiger partial charge in [0.2, 0.25) is 11.8 Å². The maximum atomic E-state index is 13.3. The van der Waals surface area contributed by atoms with Crippen LogP contribution in [-0.2, 0) is 16.0 Å². The lowest BCUT2D eigenvalue weighted by atomic mass is 10.0. The minimum Gasteiger partial charge on any atom is -0.459 e. The Bertz CT molecular complexity index is 956. The molecule has 1 saturated heterocycles. The molecule has 3 aliphatic rings. The maximum absolute atomic E-state index is 13.3. The summed E-state index contributed by atoms with van der Waals surface area (Å²) in [7, 11) is 0. The molecule has 3 heterocycles. The first kappa shape index (κ1) is 18.0. The van der Waals surface area contributed by atoms with E-state index in [4.69, 9.17) is 4.42 Å². The van der Waals surface area contributed by atoms with Crippen molar-refractivity contribution in [2.45, 2.75) is 19.3 Å². The smallest absolute Gasteiger partial charge is 0.289 e. The topological polar surface area (TPSA) is 74.1 Å². The molecule has 1 aromatic heterocycles. The SMILES string of the molecule is O=C(c1ccco1)N1CCN(C(=O)C2(C(=O)N3CCc4ccccc43)CC2)CC1. The van der Waals surface area contributed by atoms with E-state index in [2.05, 4.69) is 0 Å². The molecule has 0 radical (unpaired) electrons. The molecular weight excluding hydrogens is 370 g/mol. The number of benzene rings is 1. The van der Waals surface area contributed by atoms with Gasteiger partial charge in [-0.1, -0.05) is 18.2 Å². The lowest BCUT2D eigenvalue weighted by molar-refractivity contribution is -0.144. The van der Waals surface area contributed by atoms with Crippen LogP contribution in [0.3, 0.4) is 0 Å². The van der Waals surface area contributed by atoms with Gasteiger partial charge in [0.15, 0.2) is 5.76 Å². The molecular formula is C22H23N3O4. The van der Waals surface area contributed by atoms with E-state index in [0.717, 1.165) is 17.7 Å². The first-order valence-corrected chi connectivity index (χ1v) is 10.1. The van der Waals surface area contributed by atoms with Crippen molar-refractivity contribution < 1.29 is 18.8 Å². The van der Waals surface area contributed by atoms with Gasteiger partial charge in [0, 0.05) is 38.4 Å². The molecule has 1 aliphatic carbocycles. The van der Waals surface area contributed by atoms with Gasteiger partial charge in [-0.15, -0.1) is 0 Å². The molecule has 7 nitrogen and oxygen atoms in total. The third kappa shape index (κ3) is 2.92. The minimum absolute atomic E-state index is 0.0680. The molecule has 2 aromatic rings. The summed E-state index contributed by atoms with van der Waals surface area (Å²) < 4.78 is 5.18. The second kappa shape index (κ2) is 6.76. The number of hydrogen-bond donors (Lipinski definition) is 0. The zero-order chi connectivity index (χ0) is 20.0. The zero-order valence-electron chi connectivity index (χ0n) is 16.2. The standard InChI is InChI=1S/C22H23N3O4/c26-19(18-6-3-15-29-18)23-11-13-24(14-12-23)20(27)22(8-9-22)21(28)25-10-7-16-4-1-2-5-17(16)25/h1-6,15H,7-14H2. The van der Waals surface area contributed by atoms with E-state index in [9.17, 15) is 14.4 Å². The fraction of sp³-hybridized carbons (Fsp3) is 0.409. The molecule has 0 bridgehead atoms. The third-order valence-electron chi connectivity index (χ3n) is 6.29. The Labute approximate surface area is 168 Å². The normalized spacial score (nSPS) is 19.8. The summed E-state index contributed by atoms with van der Waals surface area (Å²) in [6.45, 7) is 2.41. The fourth-order valence-corrected chi connectivity index (χ4v) is 4.42. The van der Waals surface area contributed by atoms with E-state index in [1.807, 2.05) is 24.3 Å². The van der Waals surface area contributed by atoms with Crippen molar-refractivity contribution in [2.24, 2.45) is 5.41 Å². The molecule has 1 aromatic carbocycles. The molecule has 0 atom stereocenters. The largest absolute Gasteiger partial charge is 0.459 e. The monoisotopic (exact) mass is 393 g/mol. The molecule has 1 saturated carbocycles. The van der Waals surface area contributed by atoms with E-state index in [1.54, 1.807) is 26.8 Å². The van der Waals surface area contributed by atoms with Gasteiger partial charge in [0.05, 0.1) is 6.26 Å². The van der Waals surface area contributed by atoms with Crippen molar-refractivity contribution in [2.75, 3.05) is 37.6 Å². The second-order valence-corrected chi connectivity index (χ2v) is 7.98. The van der Waals surface area contributed by atoms with Gasteiger partial charge in [0.25, 0.3) is 5.91 Å². The number of rotatable bonds is 3. The summed E-state index contributed by atoms with van der Waals surface area (Å²) in [4.78, 5) is 44.2. The number of carbonyl (C=O) groups excluding carboxylic acids is 3. The van der Waals surface area contributed by atoms with Crippen LogP contribution in [0, 0.1) is 5.41 Å². The summed E-state index contributed by atoms with van der Waals surface area (Å²) in [6, 6.07) is 11.2. The van der Waals surface area contributed by atoms with Gasteiger partial charge in [-0.3, -0.25) is 14.4 Å². The Hall–Kier alpha value is -3.09. The molecule has 5 rings (SSSR count). The number of para-hydroxylation sites is 1. The van der Waals surface area contributed by atoms with E-state index in [-0.39, 0.29) is 17.7 Å². The summed E-state index contributed by atoms with van der Waals surface area (Å²) in [5.41, 5.74) is 1.18. The highest BCUT2D eigenvalue weighted by molar-refractivity contribution is 6.14. The number of carbonyl (C=O) groups is 3. The molecule has 3 amide bonds. The van der Waals surface area contributed by atoms with Crippen LogP contribution in [0.1, 0.15) is 29.0 Å². The molecule has 7 heteroatoms. The summed E-state index contributed by atoms with van der Waals surface area (Å²) >= 11 is 0. The first-order chi connectivity index (χ1) is 14.1. The predicted octanol–water partition coefficient (Wildman–Crippen LogP) is 1.93. The molecule has 0 N–H and O–H groups in total. The maximum Gasteiger partial charge on any atom is 0.289 e. The minimum atomic E-state index is -0.912. The van der Waals surface area contributed by atoms with E-state index in [1.165, 1.54) is 6.26 Å². The van der Waals surface area contributed by atoms with Crippen LogP contribution in [0.2, 0.25) is 0 Å². The Kier molecular flexibility index (Phi) is 4.19. The number of piperazine rings is 1. The molecule has 0 spiro atoms. The van der Waals surface area contributed by atoms with Crippen LogP contribution in [0.25, 0.3) is 0 Å². The Balaban J connectivity index is 1.26. The van der Waals surface area contributed by atoms with Gasteiger partial charge in [-0.25, -0.2) is 0 Å². The van der Waals surface area contributed by atoms with E-state index >= 15 is 0 Å². The first-order valence-electron chi connectivity index (χ1n) is 10.1. The van der Waals surface area contributed by atoms with E-state index in [0.29, 0.717) is 51.3 Å². The Morgan fingerprint density at radius 3 is 2.24 bits per heavy atom. The van der Waals surface area contributed by atoms with Crippen molar-refractivity contribution in [3.8, 4) is 0 Å². The van der Waals surface area contributed by atoms with Gasteiger partial charge >= 0.3 is 0 Å². The van der Waals surface area contributed by atoms with Crippen molar-refractivity contribution in [1.82, 2.24) is 9.80 Å². The molecule has 29 heavy (non-hydrogen) atoms. The third-order valence-corrected chi connectivity index (χ3v) is 6.29. The quantitative estimate of drug-likeness (QED) is 0.747. The van der Waals surface area contributed by atoms with Gasteiger partial charge in [-0.2, -0.15) is 0 Å². The number of anilines is 1. The zero-order valence-corrected chi connectivity index (χ0v) is 16.2. The van der Waals surface area contributed by atoms with Crippen molar-refractivity contribution in [3.63, 3.8) is 0 Å². The molecule has 150 valence electrons. The van der Waals surface area contributed by atoms with Crippen LogP contribution in [0.5, 0.6) is 0 Å². The number of amides is 3. The molecule has 2 aliphatic heterocycles. The lowest BCUT2D eigenvalue weighted by Crippen LogP contribution is -2.54. The number of furan rings is 1. The van der Waals surface area contributed by atoms with Crippen LogP contribution in [0.15, 0.2) is 47.1 Å². The van der Waals surface area contributed by atoms with Gasteiger partial charge in [-0.05, 0) is 43.0 Å². The van der Waals surface area contributed by atoms with Gasteiger partial charge < -0.3 is 19.1 Å². The van der Waals surface area contributed by atoms with Crippen molar-refractivity contribution >= 4 is 23.4 Å². The van der Waals surface area contributed by atoms with Crippen molar-refractivity contribution in [3.05, 3.63) is 54.0 Å². The lowest BCUT2D eigenvalue weighted by Gasteiger charge is -2.36. The highest BCUT2D eigenvalue weighted by Crippen LogP contribution is 2.50. The van der Waals surface area contributed by atoms with E-state index < -0.39 is 5.41 Å². The Morgan fingerprint density at radius 2 is 1.55 bits per heavy atom. The average molecular weight is 393 g/mol. The number of nitrogens with zero attached hydrogens (tertiary/aromatic N) is 3. The van der Waals surface area contributed by atoms with Gasteiger partial charge in [0.1, 0.15) is 5.41 Å². The highest BCUT2D eigenvalue weighted by Gasteiger charge is 2.60. The summed E-state index contributed by atoms with van der Waals surface area (Å²) in [5.74, 6) is -0.00202. The van der Waals surface area contributed by atoms with Crippen molar-refractivity contribution in [1.29, 1.82) is 0 Å². The van der Waals surface area contributed by atoms with Crippen LogP contribution < -0.4 is 4.90 Å². The predicted molar refractivity (Wildman–Crippen MR) is 105 cm³/mol. The summed E-state index contributed by atoms with van der Waals surface area (Å²) in [5, 5.41) is 0. The Morgan fingerprint density at radius 1 is 0.828 bits per heavy atom. The fourth-order valence-electron chi connectivity index (χ4n) is 4.42. The van der Waals surface area contributed by atoms with Crippen LogP contribution in [0.4, 0.5) is 5.69 Å². The molecule has 2 fully saturated rings. The second-order valence-electron chi connectivity index (χ2n) is 7.98. The van der Waals surface area contributed by atoms with Crippen LogP contribution in [-0.4, -0.2) is 60.2 Å². The number of fused-ring (bicyclic) bond motifs is 1. The van der Waals surface area contributed by atoms with Crippen LogP contribution >= 0.6 is 0 Å². The average Bonchev–Trinajstić information content (AvgIpc) is 3.19.